The smallest absolute Gasteiger partial charge is 0.252 e. The van der Waals surface area contributed by atoms with Crippen LogP contribution in [0.25, 0.3) is 0 Å². The van der Waals surface area contributed by atoms with Gasteiger partial charge in [0.25, 0.3) is 5.91 Å². The third kappa shape index (κ3) is 4.33. The van der Waals surface area contributed by atoms with Gasteiger partial charge in [0.05, 0.1) is 17.6 Å². The first-order valence-corrected chi connectivity index (χ1v) is 10.7. The van der Waals surface area contributed by atoms with Gasteiger partial charge < -0.3 is 15.0 Å². The summed E-state index contributed by atoms with van der Waals surface area (Å²) in [7, 11) is -1.93. The average molecular weight is 402 g/mol. The Bertz CT molecular complexity index is 986. The van der Waals surface area contributed by atoms with E-state index in [0.29, 0.717) is 18.7 Å². The molecule has 1 fully saturated rings. The highest BCUT2D eigenvalue weighted by Gasteiger charge is 2.31. The fourth-order valence-electron chi connectivity index (χ4n) is 3.24. The summed E-state index contributed by atoms with van der Waals surface area (Å²) in [4.78, 5) is 26.5. The molecule has 0 aliphatic carbocycles. The summed E-state index contributed by atoms with van der Waals surface area (Å²) in [5, 5.41) is 2.76. The van der Waals surface area contributed by atoms with Crippen molar-refractivity contribution in [2.45, 2.75) is 11.3 Å². The van der Waals surface area contributed by atoms with Crippen LogP contribution < -0.4 is 15.0 Å². The first kappa shape index (κ1) is 19.9. The normalized spacial score (nSPS) is 16.9. The summed E-state index contributed by atoms with van der Waals surface area (Å²) in [6, 6.07) is 13.3. The molecule has 1 N–H and O–H groups in total. The molecule has 0 spiro atoms. The van der Waals surface area contributed by atoms with E-state index in [0.717, 1.165) is 11.9 Å². The molecule has 0 bridgehead atoms. The van der Waals surface area contributed by atoms with Crippen LogP contribution in [0.3, 0.4) is 0 Å². The second-order valence-corrected chi connectivity index (χ2v) is 8.74. The van der Waals surface area contributed by atoms with Crippen molar-refractivity contribution in [2.24, 2.45) is 5.92 Å². The number of anilines is 1. The first-order chi connectivity index (χ1) is 13.3. The van der Waals surface area contributed by atoms with Crippen molar-refractivity contribution >= 4 is 27.3 Å². The van der Waals surface area contributed by atoms with Gasteiger partial charge in [-0.2, -0.15) is 0 Å². The number of methoxy groups -OCH3 is 1. The lowest BCUT2D eigenvalue weighted by molar-refractivity contribution is -0.117. The Morgan fingerprint density at radius 3 is 2.50 bits per heavy atom. The molecule has 2 amide bonds. The Hall–Kier alpha value is -2.87. The highest BCUT2D eigenvalue weighted by Crippen LogP contribution is 2.26. The van der Waals surface area contributed by atoms with Gasteiger partial charge in [-0.15, -0.1) is 0 Å². The van der Waals surface area contributed by atoms with Gasteiger partial charge in [-0.1, -0.05) is 12.1 Å². The SMILES string of the molecule is COc1ccc(N2CC(CNC(=O)c3ccccc3S(C)(=O)=O)CC2=O)cc1. The van der Waals surface area contributed by atoms with Crippen molar-refractivity contribution in [1.29, 1.82) is 0 Å². The molecule has 1 saturated heterocycles. The minimum Gasteiger partial charge on any atom is -0.497 e. The predicted molar refractivity (Wildman–Crippen MR) is 105 cm³/mol. The largest absolute Gasteiger partial charge is 0.497 e. The molecular formula is C20H22N2O5S. The second kappa shape index (κ2) is 8.02. The monoisotopic (exact) mass is 402 g/mol. The van der Waals surface area contributed by atoms with Crippen LogP contribution in [0, 0.1) is 5.92 Å². The predicted octanol–water partition coefficient (Wildman–Crippen LogP) is 1.88. The van der Waals surface area contributed by atoms with Crippen molar-refractivity contribution in [3.05, 3.63) is 54.1 Å². The van der Waals surface area contributed by atoms with Crippen LogP contribution in [0.1, 0.15) is 16.8 Å². The molecule has 1 aliphatic rings. The van der Waals surface area contributed by atoms with Gasteiger partial charge in [0.15, 0.2) is 9.84 Å². The number of carbonyl (C=O) groups is 2. The van der Waals surface area contributed by atoms with Gasteiger partial charge in [0.1, 0.15) is 5.75 Å². The number of rotatable bonds is 6. The summed E-state index contributed by atoms with van der Waals surface area (Å²) in [5.41, 5.74) is 0.892. The molecule has 7 nitrogen and oxygen atoms in total. The highest BCUT2D eigenvalue weighted by molar-refractivity contribution is 7.90. The molecule has 28 heavy (non-hydrogen) atoms. The third-order valence-electron chi connectivity index (χ3n) is 4.67. The Balaban J connectivity index is 1.64. The minimum absolute atomic E-state index is 0.00476. The molecule has 0 aromatic heterocycles. The van der Waals surface area contributed by atoms with Crippen LogP contribution in [0.15, 0.2) is 53.4 Å². The van der Waals surface area contributed by atoms with Gasteiger partial charge in [0.2, 0.25) is 5.91 Å². The molecule has 0 saturated carbocycles. The fraction of sp³-hybridized carbons (Fsp3) is 0.300. The van der Waals surface area contributed by atoms with Crippen LogP contribution in [-0.2, 0) is 14.6 Å². The van der Waals surface area contributed by atoms with E-state index >= 15 is 0 Å². The molecule has 1 aliphatic heterocycles. The van der Waals surface area contributed by atoms with Crippen LogP contribution in [-0.4, -0.2) is 46.7 Å². The Kier molecular flexibility index (Phi) is 5.69. The molecule has 2 aromatic carbocycles. The summed E-state index contributed by atoms with van der Waals surface area (Å²) in [5.74, 6) is 0.185. The number of sulfone groups is 1. The fourth-order valence-corrected chi connectivity index (χ4v) is 4.13. The summed E-state index contributed by atoms with van der Waals surface area (Å²) >= 11 is 0. The maximum absolute atomic E-state index is 12.5. The van der Waals surface area contributed by atoms with E-state index in [2.05, 4.69) is 5.32 Å². The van der Waals surface area contributed by atoms with E-state index in [1.165, 1.54) is 12.1 Å². The first-order valence-electron chi connectivity index (χ1n) is 8.81. The zero-order valence-electron chi connectivity index (χ0n) is 15.7. The van der Waals surface area contributed by atoms with E-state index in [1.807, 2.05) is 12.1 Å². The lowest BCUT2D eigenvalue weighted by Crippen LogP contribution is -2.32. The van der Waals surface area contributed by atoms with E-state index in [1.54, 1.807) is 36.3 Å². The highest BCUT2D eigenvalue weighted by atomic mass is 32.2. The molecule has 0 radical (unpaired) electrons. The molecule has 1 heterocycles. The molecule has 148 valence electrons. The summed E-state index contributed by atoms with van der Waals surface area (Å²) in [6.07, 6.45) is 1.39. The van der Waals surface area contributed by atoms with Crippen molar-refractivity contribution < 1.29 is 22.7 Å². The van der Waals surface area contributed by atoms with Crippen molar-refractivity contribution in [3.63, 3.8) is 0 Å². The van der Waals surface area contributed by atoms with Gasteiger partial charge in [0, 0.05) is 37.4 Å². The van der Waals surface area contributed by atoms with Gasteiger partial charge >= 0.3 is 0 Å². The zero-order valence-corrected chi connectivity index (χ0v) is 16.5. The van der Waals surface area contributed by atoms with E-state index < -0.39 is 15.7 Å². The van der Waals surface area contributed by atoms with Gasteiger partial charge in [-0.3, -0.25) is 9.59 Å². The number of nitrogens with zero attached hydrogens (tertiary/aromatic N) is 1. The standard InChI is InChI=1S/C20H22N2O5S/c1-27-16-9-7-15(8-10-16)22-13-14(11-19(22)23)12-21-20(24)17-5-3-4-6-18(17)28(2,25)26/h3-10,14H,11-13H2,1-2H3,(H,21,24). The average Bonchev–Trinajstić information content (AvgIpc) is 3.06. The van der Waals surface area contributed by atoms with E-state index in [4.69, 9.17) is 4.74 Å². The molecule has 3 rings (SSSR count). The number of ether oxygens (including phenoxy) is 1. The lowest BCUT2D eigenvalue weighted by atomic mass is 10.1. The van der Waals surface area contributed by atoms with Crippen molar-refractivity contribution in [3.8, 4) is 5.75 Å². The van der Waals surface area contributed by atoms with Gasteiger partial charge in [-0.25, -0.2) is 8.42 Å². The Labute approximate surface area is 164 Å². The zero-order chi connectivity index (χ0) is 20.3. The number of benzene rings is 2. The van der Waals surface area contributed by atoms with Crippen molar-refractivity contribution in [1.82, 2.24) is 5.32 Å². The van der Waals surface area contributed by atoms with Crippen LogP contribution in [0.4, 0.5) is 5.69 Å². The van der Waals surface area contributed by atoms with Crippen molar-refractivity contribution in [2.75, 3.05) is 31.4 Å². The number of hydrogen-bond donors (Lipinski definition) is 1. The van der Waals surface area contributed by atoms with Crippen LogP contribution >= 0.6 is 0 Å². The minimum atomic E-state index is -3.51. The summed E-state index contributed by atoms with van der Waals surface area (Å²) in [6.45, 7) is 0.772. The lowest BCUT2D eigenvalue weighted by Gasteiger charge is -2.17. The maximum atomic E-state index is 12.5. The van der Waals surface area contributed by atoms with Crippen LogP contribution in [0.2, 0.25) is 0 Å². The quantitative estimate of drug-likeness (QED) is 0.796. The number of carbonyl (C=O) groups excluding carboxylic acids is 2. The summed E-state index contributed by atoms with van der Waals surface area (Å²) < 4.78 is 28.9. The number of hydrogen-bond acceptors (Lipinski definition) is 5. The second-order valence-electron chi connectivity index (χ2n) is 6.75. The Morgan fingerprint density at radius 1 is 1.18 bits per heavy atom. The Morgan fingerprint density at radius 2 is 1.86 bits per heavy atom. The molecule has 1 atom stereocenters. The van der Waals surface area contributed by atoms with Crippen LogP contribution in [0.5, 0.6) is 5.75 Å². The number of amides is 2. The van der Waals surface area contributed by atoms with E-state index in [9.17, 15) is 18.0 Å². The third-order valence-corrected chi connectivity index (χ3v) is 5.83. The topological polar surface area (TPSA) is 92.8 Å². The van der Waals surface area contributed by atoms with E-state index in [-0.39, 0.29) is 28.8 Å². The molecular weight excluding hydrogens is 380 g/mol. The molecule has 2 aromatic rings. The van der Waals surface area contributed by atoms with Gasteiger partial charge in [-0.05, 0) is 36.4 Å². The maximum Gasteiger partial charge on any atom is 0.252 e. The molecule has 8 heteroatoms. The number of nitrogens with one attached hydrogen (secondary N) is 1. The molecule has 1 unspecified atom stereocenters.